The van der Waals surface area contributed by atoms with Gasteiger partial charge in [0, 0.05) is 0 Å². The van der Waals surface area contributed by atoms with Crippen LogP contribution in [0.5, 0.6) is 0 Å². The molecule has 5 N–H and O–H groups in total. The van der Waals surface area contributed by atoms with Gasteiger partial charge in [-0.2, -0.15) is 0 Å². The van der Waals surface area contributed by atoms with Gasteiger partial charge in [-0.15, -0.1) is 0 Å². The molecule has 2 unspecified atom stereocenters. The van der Waals surface area contributed by atoms with Crippen LogP contribution in [0, 0.1) is 0 Å². The molecule has 17 heavy (non-hydrogen) atoms. The first kappa shape index (κ1) is 18.8. The molecule has 0 rings (SSSR count). The van der Waals surface area contributed by atoms with Gasteiger partial charge < -0.3 is 0 Å². The van der Waals surface area contributed by atoms with Crippen LogP contribution in [0.1, 0.15) is 6.92 Å². The minimum absolute atomic E-state index is 0.321. The molecule has 9 heteroatoms. The average molecular weight is 378 g/mol. The molecular formula is C8H16N2O5Se2. The number of aliphatic carboxylic acids is 2. The van der Waals surface area contributed by atoms with Crippen molar-refractivity contribution in [3.8, 4) is 0 Å². The third kappa shape index (κ3) is 11.7. The van der Waals surface area contributed by atoms with E-state index in [2.05, 4.69) is 37.3 Å². The van der Waals surface area contributed by atoms with Crippen molar-refractivity contribution < 1.29 is 24.6 Å². The van der Waals surface area contributed by atoms with Crippen LogP contribution in [0.3, 0.4) is 0 Å². The fourth-order valence-corrected chi connectivity index (χ4v) is 1.36. The molecule has 0 fully saturated rings. The van der Waals surface area contributed by atoms with E-state index in [4.69, 9.17) is 15.9 Å². The van der Waals surface area contributed by atoms with Crippen LogP contribution < -0.4 is 11.1 Å². The quantitative estimate of drug-likeness (QED) is 0.395. The van der Waals surface area contributed by atoms with Gasteiger partial charge in [0.25, 0.3) is 0 Å². The van der Waals surface area contributed by atoms with E-state index in [-0.39, 0.29) is 5.91 Å². The summed E-state index contributed by atoms with van der Waals surface area (Å²) in [5.74, 6) is -2.27. The molecule has 100 valence electrons. The molecule has 0 aliphatic carbocycles. The summed E-state index contributed by atoms with van der Waals surface area (Å²) in [4.78, 5) is 30.4. The maximum atomic E-state index is 10.3. The normalized spacial score (nSPS) is 12.7. The molecule has 0 saturated heterocycles. The Morgan fingerprint density at radius 3 is 1.71 bits per heavy atom. The molecule has 0 aliphatic heterocycles. The van der Waals surface area contributed by atoms with Gasteiger partial charge in [0.2, 0.25) is 0 Å². The maximum absolute atomic E-state index is 10.3. The summed E-state index contributed by atoms with van der Waals surface area (Å²) in [6, 6.07) is -1.47. The number of hydrogen-bond donors (Lipinski definition) is 4. The zero-order valence-electron chi connectivity index (χ0n) is 9.16. The Labute approximate surface area is 115 Å². The Morgan fingerprint density at radius 2 is 1.65 bits per heavy atom. The third-order valence-electron chi connectivity index (χ3n) is 1.37. The summed E-state index contributed by atoms with van der Waals surface area (Å²) < 4.78 is 0. The van der Waals surface area contributed by atoms with Crippen LogP contribution in [-0.2, 0) is 14.4 Å². The molecule has 0 heterocycles. The van der Waals surface area contributed by atoms with E-state index >= 15 is 0 Å². The van der Waals surface area contributed by atoms with Crippen molar-refractivity contribution in [1.82, 2.24) is 5.32 Å². The van der Waals surface area contributed by atoms with E-state index in [1.165, 1.54) is 6.92 Å². The Morgan fingerprint density at radius 1 is 1.18 bits per heavy atom. The molecule has 0 aromatic carbocycles. The van der Waals surface area contributed by atoms with Gasteiger partial charge in [-0.05, 0) is 0 Å². The molecule has 0 spiro atoms. The third-order valence-corrected chi connectivity index (χ3v) is 2.96. The van der Waals surface area contributed by atoms with Crippen LogP contribution in [-0.4, -0.2) is 72.2 Å². The molecule has 0 aliphatic rings. The molecule has 0 aromatic heterocycles. The van der Waals surface area contributed by atoms with Crippen molar-refractivity contribution in [2.24, 2.45) is 5.73 Å². The number of rotatable bonds is 5. The number of hydrogen-bond acceptors (Lipinski definition) is 4. The summed E-state index contributed by atoms with van der Waals surface area (Å²) in [6.45, 7) is 1.29. The van der Waals surface area contributed by atoms with E-state index in [9.17, 15) is 14.4 Å². The zero-order valence-corrected chi connectivity index (χ0v) is 12.9. The van der Waals surface area contributed by atoms with Gasteiger partial charge in [-0.25, -0.2) is 0 Å². The predicted octanol–water partition coefficient (Wildman–Crippen LogP) is -2.39. The monoisotopic (exact) mass is 380 g/mol. The molecule has 0 saturated carbocycles. The Hall–Kier alpha value is -0.591. The van der Waals surface area contributed by atoms with Gasteiger partial charge in [-0.1, -0.05) is 0 Å². The fraction of sp³-hybridized carbons (Fsp3) is 0.625. The van der Waals surface area contributed by atoms with Gasteiger partial charge in [-0.3, -0.25) is 0 Å². The Bertz CT molecular complexity index is 275. The first-order valence-electron chi connectivity index (χ1n) is 4.46. The van der Waals surface area contributed by atoms with Crippen molar-refractivity contribution in [3.05, 3.63) is 0 Å². The van der Waals surface area contributed by atoms with E-state index < -0.39 is 24.0 Å². The molecule has 1 amide bonds. The van der Waals surface area contributed by atoms with Crippen molar-refractivity contribution >= 4 is 49.9 Å². The van der Waals surface area contributed by atoms with Crippen LogP contribution in [0.25, 0.3) is 0 Å². The second kappa shape index (κ2) is 10.6. The van der Waals surface area contributed by atoms with Gasteiger partial charge >= 0.3 is 115 Å². The topological polar surface area (TPSA) is 130 Å². The number of carbonyl (C=O) groups excluding carboxylic acids is 1. The number of nitrogens with one attached hydrogen (secondary N) is 1. The molecular weight excluding hydrogens is 362 g/mol. The summed E-state index contributed by atoms with van der Waals surface area (Å²) in [5, 5.41) is 19.5. The van der Waals surface area contributed by atoms with Crippen molar-refractivity contribution in [1.29, 1.82) is 0 Å². The molecule has 0 aromatic rings. The number of nitrogens with two attached hydrogens (primary N) is 1. The average Bonchev–Trinajstić information content (AvgIpc) is 2.24. The first-order chi connectivity index (χ1) is 7.76. The van der Waals surface area contributed by atoms with E-state index in [0.717, 1.165) is 0 Å². The van der Waals surface area contributed by atoms with Gasteiger partial charge in [0.05, 0.1) is 0 Å². The number of amides is 1. The summed E-state index contributed by atoms with van der Waals surface area (Å²) in [7, 11) is 0. The van der Waals surface area contributed by atoms with E-state index in [1.54, 1.807) is 0 Å². The Kier molecular flexibility index (Phi) is 11.7. The van der Waals surface area contributed by atoms with E-state index in [0.29, 0.717) is 10.6 Å². The van der Waals surface area contributed by atoms with Crippen LogP contribution in [0.4, 0.5) is 0 Å². The molecule has 7 nitrogen and oxygen atoms in total. The number of carboxylic acid groups (broad SMARTS) is 2. The zero-order chi connectivity index (χ0) is 14.0. The molecule has 0 bridgehead atoms. The second-order valence-corrected chi connectivity index (χ2v) is 4.43. The summed E-state index contributed by atoms with van der Waals surface area (Å²) in [5.41, 5.74) is 5.00. The minimum atomic E-state index is -1.00. The van der Waals surface area contributed by atoms with Crippen molar-refractivity contribution in [2.75, 3.05) is 0 Å². The standard InChI is InChI=1S/C5H9NO3Se.C3H7NO2Se/c1-3(7)6-4(2-10)5(8)9;4-2(1-7)3(5)6/h4,10H,2H2,1H3,(H,6,7)(H,8,9);2,7H,1,4H2,(H,5,6). The molecule has 0 radical (unpaired) electrons. The van der Waals surface area contributed by atoms with Crippen molar-refractivity contribution in [2.45, 2.75) is 29.6 Å². The van der Waals surface area contributed by atoms with Crippen LogP contribution in [0.2, 0.25) is 10.6 Å². The van der Waals surface area contributed by atoms with Crippen LogP contribution >= 0.6 is 0 Å². The number of carboxylic acids is 2. The summed E-state index contributed by atoms with van der Waals surface area (Å²) >= 11 is 4.24. The van der Waals surface area contributed by atoms with E-state index in [1.807, 2.05) is 0 Å². The fourth-order valence-electron chi connectivity index (χ4n) is 0.509. The Balaban J connectivity index is 0. The number of carbonyl (C=O) groups is 3. The van der Waals surface area contributed by atoms with Gasteiger partial charge in [0.15, 0.2) is 0 Å². The molecule has 2 atom stereocenters. The van der Waals surface area contributed by atoms with Gasteiger partial charge in [0.1, 0.15) is 0 Å². The van der Waals surface area contributed by atoms with Crippen molar-refractivity contribution in [3.63, 3.8) is 0 Å². The predicted molar refractivity (Wildman–Crippen MR) is 64.8 cm³/mol. The summed E-state index contributed by atoms with van der Waals surface area (Å²) in [6.07, 6.45) is 0. The van der Waals surface area contributed by atoms with Crippen LogP contribution in [0.15, 0.2) is 0 Å². The first-order valence-corrected chi connectivity index (χ1v) is 7.11. The SMILES string of the molecule is CC(=O)NC(C[SeH])C(=O)O.NC(C[SeH])C(=O)O. The second-order valence-electron chi connectivity index (χ2n) is 2.90.